The number of rotatable bonds is 11. The van der Waals surface area contributed by atoms with Gasteiger partial charge in [0.1, 0.15) is 0 Å². The van der Waals surface area contributed by atoms with Crippen LogP contribution >= 0.6 is 0 Å². The molecule has 0 fully saturated rings. The van der Waals surface area contributed by atoms with E-state index in [9.17, 15) is 19.2 Å². The Labute approximate surface area is 193 Å². The number of ether oxygens (including phenoxy) is 2. The molecule has 0 aliphatic heterocycles. The molecule has 33 heavy (non-hydrogen) atoms. The number of hydrogen-bond acceptors (Lipinski definition) is 6. The molecule has 0 aliphatic carbocycles. The van der Waals surface area contributed by atoms with E-state index in [4.69, 9.17) is 9.47 Å². The smallest absolute Gasteiger partial charge is 0.338 e. The number of amides is 2. The van der Waals surface area contributed by atoms with E-state index in [0.29, 0.717) is 23.5 Å². The number of hydrogen-bond donors (Lipinski definition) is 2. The molecular weight excluding hydrogens is 424 g/mol. The molecule has 0 aliphatic rings. The van der Waals surface area contributed by atoms with Crippen LogP contribution in [-0.2, 0) is 23.9 Å². The first kappa shape index (κ1) is 25.6. The van der Waals surface area contributed by atoms with Crippen molar-refractivity contribution in [2.75, 3.05) is 23.8 Å². The maximum atomic E-state index is 12.1. The zero-order chi connectivity index (χ0) is 24.2. The lowest BCUT2D eigenvalue weighted by Gasteiger charge is -2.10. The number of unbranched alkanes of at least 4 members (excludes halogenated alkanes) is 1. The molecule has 2 N–H and O–H groups in total. The van der Waals surface area contributed by atoms with Crippen LogP contribution in [0.5, 0.6) is 0 Å². The average molecular weight is 455 g/mol. The highest BCUT2D eigenvalue weighted by Gasteiger charge is 2.13. The lowest BCUT2D eigenvalue weighted by Crippen LogP contribution is -2.22. The summed E-state index contributed by atoms with van der Waals surface area (Å²) in [6, 6.07) is 12.0. The van der Waals surface area contributed by atoms with Gasteiger partial charge >= 0.3 is 11.9 Å². The first-order chi connectivity index (χ1) is 15.8. The molecule has 2 amide bonds. The molecule has 8 heteroatoms. The van der Waals surface area contributed by atoms with Crippen molar-refractivity contribution in [3.05, 3.63) is 59.2 Å². The Balaban J connectivity index is 1.74. The molecule has 2 aromatic carbocycles. The SMILES string of the molecule is CCCCOC(=O)c1cccc(NC(=O)CCC(=O)OCC(=O)Nc2cc(C)ccc2C)c1. The highest BCUT2D eigenvalue weighted by Crippen LogP contribution is 2.16. The van der Waals surface area contributed by atoms with Gasteiger partial charge in [-0.25, -0.2) is 4.79 Å². The van der Waals surface area contributed by atoms with Crippen molar-refractivity contribution in [1.82, 2.24) is 0 Å². The van der Waals surface area contributed by atoms with Gasteiger partial charge in [0.2, 0.25) is 5.91 Å². The molecule has 0 saturated carbocycles. The summed E-state index contributed by atoms with van der Waals surface area (Å²) in [5.41, 5.74) is 3.31. The fourth-order valence-electron chi connectivity index (χ4n) is 2.83. The monoisotopic (exact) mass is 454 g/mol. The van der Waals surface area contributed by atoms with Gasteiger partial charge in [-0.3, -0.25) is 14.4 Å². The van der Waals surface area contributed by atoms with E-state index in [-0.39, 0.29) is 12.8 Å². The molecule has 0 bridgehead atoms. The normalized spacial score (nSPS) is 10.3. The first-order valence-electron chi connectivity index (χ1n) is 10.9. The lowest BCUT2D eigenvalue weighted by molar-refractivity contribution is -0.147. The number of carbonyl (C=O) groups is 4. The van der Waals surface area contributed by atoms with Crippen molar-refractivity contribution in [2.24, 2.45) is 0 Å². The second kappa shape index (κ2) is 13.0. The van der Waals surface area contributed by atoms with E-state index in [2.05, 4.69) is 10.6 Å². The van der Waals surface area contributed by atoms with Gasteiger partial charge in [0.15, 0.2) is 6.61 Å². The number of nitrogens with one attached hydrogen (secondary N) is 2. The summed E-state index contributed by atoms with van der Waals surface area (Å²) in [5.74, 6) is -1.98. The third kappa shape index (κ3) is 9.14. The average Bonchev–Trinajstić information content (AvgIpc) is 2.79. The van der Waals surface area contributed by atoms with Crippen molar-refractivity contribution in [2.45, 2.75) is 46.5 Å². The van der Waals surface area contributed by atoms with Crippen molar-refractivity contribution >= 4 is 35.1 Å². The second-order valence-electron chi connectivity index (χ2n) is 7.65. The standard InChI is InChI=1S/C25H30N2O6/c1-4-5-13-32-25(31)19-7-6-8-20(15-19)26-22(28)11-12-24(30)33-16-23(29)27-21-14-17(2)9-10-18(21)3/h6-10,14-15H,4-5,11-13,16H2,1-3H3,(H,26,28)(H,27,29). The highest BCUT2D eigenvalue weighted by atomic mass is 16.5. The first-order valence-corrected chi connectivity index (χ1v) is 10.9. The van der Waals surface area contributed by atoms with Crippen LogP contribution in [0, 0.1) is 13.8 Å². The fraction of sp³-hybridized carbons (Fsp3) is 0.360. The summed E-state index contributed by atoms with van der Waals surface area (Å²) in [5, 5.41) is 5.34. The summed E-state index contributed by atoms with van der Waals surface area (Å²) < 4.78 is 10.1. The molecule has 0 saturated heterocycles. The molecule has 176 valence electrons. The van der Waals surface area contributed by atoms with Gasteiger partial charge in [-0.1, -0.05) is 31.5 Å². The molecule has 0 heterocycles. The molecule has 2 rings (SSSR count). The molecule has 0 radical (unpaired) electrons. The minimum atomic E-state index is -0.658. The van der Waals surface area contributed by atoms with Gasteiger partial charge in [-0.2, -0.15) is 0 Å². The lowest BCUT2D eigenvalue weighted by atomic mass is 10.1. The van der Waals surface area contributed by atoms with E-state index >= 15 is 0 Å². The number of anilines is 2. The third-order valence-corrected chi connectivity index (χ3v) is 4.70. The summed E-state index contributed by atoms with van der Waals surface area (Å²) in [6.07, 6.45) is 1.40. The molecule has 0 atom stereocenters. The highest BCUT2D eigenvalue weighted by molar-refractivity contribution is 5.96. The summed E-state index contributed by atoms with van der Waals surface area (Å²) in [7, 11) is 0. The van der Waals surface area contributed by atoms with Gasteiger partial charge in [-0.05, 0) is 55.7 Å². The van der Waals surface area contributed by atoms with E-state index < -0.39 is 30.4 Å². The van der Waals surface area contributed by atoms with Crippen LogP contribution in [0.2, 0.25) is 0 Å². The molecule has 8 nitrogen and oxygen atoms in total. The summed E-state index contributed by atoms with van der Waals surface area (Å²) in [6.45, 7) is 5.69. The zero-order valence-electron chi connectivity index (χ0n) is 19.2. The maximum absolute atomic E-state index is 12.1. The van der Waals surface area contributed by atoms with Gasteiger partial charge in [-0.15, -0.1) is 0 Å². The van der Waals surface area contributed by atoms with E-state index in [1.54, 1.807) is 18.2 Å². The van der Waals surface area contributed by atoms with Gasteiger partial charge in [0.25, 0.3) is 5.91 Å². The van der Waals surface area contributed by atoms with Crippen molar-refractivity contribution in [3.63, 3.8) is 0 Å². The van der Waals surface area contributed by atoms with Crippen LogP contribution < -0.4 is 10.6 Å². The molecule has 0 spiro atoms. The van der Waals surface area contributed by atoms with Crippen LogP contribution in [-0.4, -0.2) is 37.0 Å². The zero-order valence-corrected chi connectivity index (χ0v) is 19.2. The molecule has 0 aromatic heterocycles. The molecule has 0 unspecified atom stereocenters. The third-order valence-electron chi connectivity index (χ3n) is 4.70. The number of benzene rings is 2. The van der Waals surface area contributed by atoms with Crippen LogP contribution in [0.3, 0.4) is 0 Å². The Morgan fingerprint density at radius 3 is 2.42 bits per heavy atom. The van der Waals surface area contributed by atoms with Crippen molar-refractivity contribution < 1.29 is 28.7 Å². The van der Waals surface area contributed by atoms with Crippen molar-refractivity contribution in [1.29, 1.82) is 0 Å². The van der Waals surface area contributed by atoms with Crippen LogP contribution in [0.25, 0.3) is 0 Å². The second-order valence-corrected chi connectivity index (χ2v) is 7.65. The van der Waals surface area contributed by atoms with Gasteiger partial charge < -0.3 is 20.1 Å². The molecule has 2 aromatic rings. The van der Waals surface area contributed by atoms with Crippen LogP contribution in [0.15, 0.2) is 42.5 Å². The van der Waals surface area contributed by atoms with E-state index in [0.717, 1.165) is 24.0 Å². The minimum absolute atomic E-state index is 0.122. The minimum Gasteiger partial charge on any atom is -0.462 e. The Morgan fingerprint density at radius 1 is 0.879 bits per heavy atom. The summed E-state index contributed by atoms with van der Waals surface area (Å²) in [4.78, 5) is 48.1. The van der Waals surface area contributed by atoms with Crippen LogP contribution in [0.1, 0.15) is 54.1 Å². The number of aryl methyl sites for hydroxylation is 2. The van der Waals surface area contributed by atoms with E-state index in [1.165, 1.54) is 6.07 Å². The number of esters is 2. The topological polar surface area (TPSA) is 111 Å². The quantitative estimate of drug-likeness (QED) is 0.390. The Kier molecular flexibility index (Phi) is 10.1. The van der Waals surface area contributed by atoms with E-state index in [1.807, 2.05) is 39.0 Å². The Bertz CT molecular complexity index is 1000. The predicted molar refractivity (Wildman–Crippen MR) is 125 cm³/mol. The van der Waals surface area contributed by atoms with Gasteiger partial charge in [0, 0.05) is 17.8 Å². The molecular formula is C25H30N2O6. The predicted octanol–water partition coefficient (Wildman–Crippen LogP) is 4.16. The Hall–Kier alpha value is -3.68. The summed E-state index contributed by atoms with van der Waals surface area (Å²) >= 11 is 0. The maximum Gasteiger partial charge on any atom is 0.338 e. The largest absolute Gasteiger partial charge is 0.462 e. The Morgan fingerprint density at radius 2 is 1.67 bits per heavy atom. The number of carbonyl (C=O) groups excluding carboxylic acids is 4. The fourth-order valence-corrected chi connectivity index (χ4v) is 2.83. The van der Waals surface area contributed by atoms with Gasteiger partial charge in [0.05, 0.1) is 18.6 Å². The van der Waals surface area contributed by atoms with Crippen LogP contribution in [0.4, 0.5) is 11.4 Å². The van der Waals surface area contributed by atoms with Crippen molar-refractivity contribution in [3.8, 4) is 0 Å².